The largest absolute Gasteiger partial charge is 0.389 e. The first-order valence-electron chi connectivity index (χ1n) is 6.92. The smallest absolute Gasteiger partial charge is 0.107 e. The Morgan fingerprint density at radius 1 is 1.26 bits per heavy atom. The number of rotatable bonds is 3. The monoisotopic (exact) mass is 340 g/mol. The van der Waals surface area contributed by atoms with E-state index in [2.05, 4.69) is 33.9 Å². The third-order valence-electron chi connectivity index (χ3n) is 3.99. The Morgan fingerprint density at radius 3 is 2.47 bits per heavy atom. The van der Waals surface area contributed by atoms with Crippen molar-refractivity contribution in [3.05, 3.63) is 28.2 Å². The van der Waals surface area contributed by atoms with Crippen molar-refractivity contribution in [1.82, 2.24) is 0 Å². The van der Waals surface area contributed by atoms with Gasteiger partial charge >= 0.3 is 0 Å². The SMILES string of the molecule is CN(c1cccc(Br)c1C(N)=S)C1CCCCCC1. The average Bonchev–Trinajstić information content (AvgIpc) is 2.66. The third-order valence-corrected chi connectivity index (χ3v) is 4.86. The summed E-state index contributed by atoms with van der Waals surface area (Å²) in [6.07, 6.45) is 7.91. The maximum atomic E-state index is 5.89. The normalized spacial score (nSPS) is 16.9. The van der Waals surface area contributed by atoms with Crippen molar-refractivity contribution in [1.29, 1.82) is 0 Å². The van der Waals surface area contributed by atoms with Crippen molar-refractivity contribution in [3.8, 4) is 0 Å². The predicted molar refractivity (Wildman–Crippen MR) is 89.9 cm³/mol. The van der Waals surface area contributed by atoms with E-state index in [1.165, 1.54) is 38.5 Å². The number of benzene rings is 1. The maximum absolute atomic E-state index is 5.89. The van der Waals surface area contributed by atoms with Crippen LogP contribution in [0.5, 0.6) is 0 Å². The molecule has 0 heterocycles. The number of hydrogen-bond acceptors (Lipinski definition) is 2. The summed E-state index contributed by atoms with van der Waals surface area (Å²) in [6, 6.07) is 6.77. The van der Waals surface area contributed by atoms with Gasteiger partial charge in [-0.15, -0.1) is 0 Å². The molecule has 1 aliphatic rings. The van der Waals surface area contributed by atoms with Crippen LogP contribution in [0.2, 0.25) is 0 Å². The minimum absolute atomic E-state index is 0.461. The molecule has 2 nitrogen and oxygen atoms in total. The van der Waals surface area contributed by atoms with Gasteiger partial charge in [0.15, 0.2) is 0 Å². The van der Waals surface area contributed by atoms with Crippen LogP contribution in [-0.2, 0) is 0 Å². The lowest BCUT2D eigenvalue weighted by atomic mass is 10.0. The Balaban J connectivity index is 2.29. The molecule has 1 aliphatic carbocycles. The lowest BCUT2D eigenvalue weighted by Gasteiger charge is -2.31. The highest BCUT2D eigenvalue weighted by Gasteiger charge is 2.21. The van der Waals surface area contributed by atoms with Crippen LogP contribution < -0.4 is 10.6 Å². The van der Waals surface area contributed by atoms with Crippen molar-refractivity contribution >= 4 is 38.8 Å². The van der Waals surface area contributed by atoms with E-state index in [-0.39, 0.29) is 0 Å². The van der Waals surface area contributed by atoms with Gasteiger partial charge < -0.3 is 10.6 Å². The molecule has 2 N–H and O–H groups in total. The first-order chi connectivity index (χ1) is 9.11. The van der Waals surface area contributed by atoms with Crippen LogP contribution in [0, 0.1) is 0 Å². The van der Waals surface area contributed by atoms with Crippen LogP contribution in [0.25, 0.3) is 0 Å². The summed E-state index contributed by atoms with van der Waals surface area (Å²) in [7, 11) is 2.17. The lowest BCUT2D eigenvalue weighted by Crippen LogP contribution is -2.33. The van der Waals surface area contributed by atoms with Crippen LogP contribution in [0.3, 0.4) is 0 Å². The van der Waals surface area contributed by atoms with Gasteiger partial charge in [-0.1, -0.05) is 44.0 Å². The molecule has 0 radical (unpaired) electrons. The quantitative estimate of drug-likeness (QED) is 0.659. The third kappa shape index (κ3) is 3.48. The molecule has 19 heavy (non-hydrogen) atoms. The van der Waals surface area contributed by atoms with Gasteiger partial charge in [0, 0.05) is 28.8 Å². The number of nitrogens with two attached hydrogens (primary N) is 1. The summed E-state index contributed by atoms with van der Waals surface area (Å²) in [5.41, 5.74) is 8.00. The van der Waals surface area contributed by atoms with Crippen LogP contribution in [0.4, 0.5) is 5.69 Å². The summed E-state index contributed by atoms with van der Waals surface area (Å²) in [5, 5.41) is 0. The van der Waals surface area contributed by atoms with Gasteiger partial charge in [-0.3, -0.25) is 0 Å². The van der Waals surface area contributed by atoms with Gasteiger partial charge in [0.2, 0.25) is 0 Å². The molecule has 0 aromatic heterocycles. The molecular weight excluding hydrogens is 320 g/mol. The minimum atomic E-state index is 0.461. The van der Waals surface area contributed by atoms with Gasteiger partial charge in [-0.2, -0.15) is 0 Å². The number of hydrogen-bond donors (Lipinski definition) is 1. The van der Waals surface area contributed by atoms with E-state index in [1.807, 2.05) is 12.1 Å². The fraction of sp³-hybridized carbons (Fsp3) is 0.533. The standard InChI is InChI=1S/C15H21BrN2S/c1-18(11-7-4-2-3-5-8-11)13-10-6-9-12(16)14(13)15(17)19/h6,9-11H,2-5,7-8H2,1H3,(H2,17,19). The molecule has 0 amide bonds. The van der Waals surface area contributed by atoms with Gasteiger partial charge in [0.25, 0.3) is 0 Å². The van der Waals surface area contributed by atoms with Crippen molar-refractivity contribution < 1.29 is 0 Å². The van der Waals surface area contributed by atoms with Crippen LogP contribution >= 0.6 is 28.1 Å². The molecule has 2 rings (SSSR count). The molecule has 0 atom stereocenters. The fourth-order valence-corrected chi connectivity index (χ4v) is 3.81. The molecule has 1 saturated carbocycles. The van der Waals surface area contributed by atoms with Gasteiger partial charge in [0.05, 0.1) is 0 Å². The lowest BCUT2D eigenvalue weighted by molar-refractivity contribution is 0.553. The Hall–Kier alpha value is -0.610. The summed E-state index contributed by atoms with van der Waals surface area (Å²) < 4.78 is 0.984. The van der Waals surface area contributed by atoms with Crippen LogP contribution in [0.1, 0.15) is 44.1 Å². The zero-order valence-corrected chi connectivity index (χ0v) is 13.8. The van der Waals surface area contributed by atoms with Crippen LogP contribution in [0.15, 0.2) is 22.7 Å². The molecule has 1 aromatic rings. The molecule has 0 spiro atoms. The molecule has 104 valence electrons. The average molecular weight is 341 g/mol. The van der Waals surface area contributed by atoms with E-state index in [1.54, 1.807) is 0 Å². The first kappa shape index (κ1) is 14.8. The van der Waals surface area contributed by atoms with E-state index >= 15 is 0 Å². The minimum Gasteiger partial charge on any atom is -0.389 e. The van der Waals surface area contributed by atoms with Gasteiger partial charge in [0.1, 0.15) is 4.99 Å². The summed E-state index contributed by atoms with van der Waals surface area (Å²) in [6.45, 7) is 0. The predicted octanol–water partition coefficient (Wildman–Crippen LogP) is 4.24. The molecule has 4 heteroatoms. The first-order valence-corrected chi connectivity index (χ1v) is 8.12. The highest BCUT2D eigenvalue weighted by molar-refractivity contribution is 9.10. The Bertz CT molecular complexity index is 453. The second kappa shape index (κ2) is 6.71. The number of anilines is 1. The number of halogens is 1. The topological polar surface area (TPSA) is 29.3 Å². The molecule has 1 fully saturated rings. The molecule has 0 saturated heterocycles. The van der Waals surface area contributed by atoms with E-state index in [4.69, 9.17) is 18.0 Å². The van der Waals surface area contributed by atoms with Crippen LogP contribution in [-0.4, -0.2) is 18.1 Å². The second-order valence-electron chi connectivity index (χ2n) is 5.25. The maximum Gasteiger partial charge on any atom is 0.107 e. The second-order valence-corrected chi connectivity index (χ2v) is 6.55. The Kier molecular flexibility index (Phi) is 5.22. The molecular formula is C15H21BrN2S. The molecule has 0 unspecified atom stereocenters. The Labute approximate surface area is 129 Å². The van der Waals surface area contributed by atoms with E-state index < -0.39 is 0 Å². The van der Waals surface area contributed by atoms with Crippen molar-refractivity contribution in [2.75, 3.05) is 11.9 Å². The number of thiocarbonyl (C=S) groups is 1. The van der Waals surface area contributed by atoms with Crippen molar-refractivity contribution in [2.24, 2.45) is 5.73 Å². The zero-order valence-electron chi connectivity index (χ0n) is 11.4. The highest BCUT2D eigenvalue weighted by atomic mass is 79.9. The fourth-order valence-electron chi connectivity index (χ4n) is 2.89. The molecule has 0 aliphatic heterocycles. The Morgan fingerprint density at radius 2 is 1.89 bits per heavy atom. The summed E-state index contributed by atoms with van der Waals surface area (Å²) in [4.78, 5) is 2.83. The molecule has 1 aromatic carbocycles. The van der Waals surface area contributed by atoms with Gasteiger partial charge in [-0.25, -0.2) is 0 Å². The van der Waals surface area contributed by atoms with E-state index in [9.17, 15) is 0 Å². The van der Waals surface area contributed by atoms with Gasteiger partial charge in [-0.05, 0) is 40.9 Å². The number of nitrogens with zero attached hydrogens (tertiary/aromatic N) is 1. The summed E-state index contributed by atoms with van der Waals surface area (Å²) in [5.74, 6) is 0. The molecule has 0 bridgehead atoms. The van der Waals surface area contributed by atoms with Crippen molar-refractivity contribution in [2.45, 2.75) is 44.6 Å². The summed E-state index contributed by atoms with van der Waals surface area (Å²) >= 11 is 8.77. The van der Waals surface area contributed by atoms with E-state index in [0.29, 0.717) is 11.0 Å². The zero-order chi connectivity index (χ0) is 13.8. The van der Waals surface area contributed by atoms with Crippen molar-refractivity contribution in [3.63, 3.8) is 0 Å². The highest BCUT2D eigenvalue weighted by Crippen LogP contribution is 2.31. The van der Waals surface area contributed by atoms with E-state index in [0.717, 1.165) is 15.7 Å².